The van der Waals surface area contributed by atoms with E-state index in [1.807, 2.05) is 18.2 Å². The molecule has 0 bridgehead atoms. The van der Waals surface area contributed by atoms with Crippen molar-refractivity contribution in [2.45, 2.75) is 17.2 Å². The maximum Gasteiger partial charge on any atom is 0.246 e. The highest BCUT2D eigenvalue weighted by atomic mass is 32.2. The first-order valence-corrected chi connectivity index (χ1v) is 9.66. The monoisotopic (exact) mass is 379 g/mol. The van der Waals surface area contributed by atoms with Crippen LogP contribution in [-0.4, -0.2) is 39.7 Å². The molecule has 2 aromatic carbocycles. The van der Waals surface area contributed by atoms with Crippen LogP contribution in [0.2, 0.25) is 0 Å². The number of nitrogens with zero attached hydrogens (tertiary/aromatic N) is 1. The summed E-state index contributed by atoms with van der Waals surface area (Å²) in [6.07, 6.45) is 0.677. The third-order valence-electron chi connectivity index (χ3n) is 4.76. The number of methoxy groups -OCH3 is 1. The zero-order valence-electron chi connectivity index (χ0n) is 14.1. The molecule has 6 nitrogen and oxygen atoms in total. The van der Waals surface area contributed by atoms with Crippen molar-refractivity contribution < 1.29 is 27.0 Å². The Hall–Kier alpha value is -2.32. The molecule has 0 saturated carbocycles. The van der Waals surface area contributed by atoms with Crippen LogP contribution in [0.5, 0.6) is 17.2 Å². The zero-order chi connectivity index (χ0) is 18.3. The van der Waals surface area contributed by atoms with E-state index in [9.17, 15) is 12.8 Å². The van der Waals surface area contributed by atoms with E-state index >= 15 is 0 Å². The first-order chi connectivity index (χ1) is 12.5. The smallest absolute Gasteiger partial charge is 0.246 e. The van der Waals surface area contributed by atoms with Crippen LogP contribution in [0, 0.1) is 5.82 Å². The predicted octanol–water partition coefficient (Wildman–Crippen LogP) is 2.74. The Labute approximate surface area is 151 Å². The molecule has 2 aliphatic heterocycles. The van der Waals surface area contributed by atoms with Gasteiger partial charge in [-0.15, -0.1) is 0 Å². The minimum atomic E-state index is -3.84. The molecular weight excluding hydrogens is 361 g/mol. The Kier molecular flexibility index (Phi) is 4.24. The van der Waals surface area contributed by atoms with Gasteiger partial charge in [0, 0.05) is 13.1 Å². The molecule has 2 aliphatic rings. The van der Waals surface area contributed by atoms with E-state index in [0.717, 1.165) is 11.6 Å². The lowest BCUT2D eigenvalue weighted by atomic mass is 9.98. The Balaban J connectivity index is 1.59. The third-order valence-corrected chi connectivity index (χ3v) is 6.65. The minimum absolute atomic E-state index is 0.0406. The van der Waals surface area contributed by atoms with Gasteiger partial charge in [-0.3, -0.25) is 0 Å². The van der Waals surface area contributed by atoms with Crippen molar-refractivity contribution in [2.24, 2.45) is 0 Å². The quantitative estimate of drug-likeness (QED) is 0.817. The summed E-state index contributed by atoms with van der Waals surface area (Å²) in [5.41, 5.74) is 0.998. The van der Waals surface area contributed by atoms with Crippen molar-refractivity contribution in [3.05, 3.63) is 47.8 Å². The Morgan fingerprint density at radius 3 is 2.77 bits per heavy atom. The van der Waals surface area contributed by atoms with Crippen molar-refractivity contribution in [1.82, 2.24) is 4.31 Å². The van der Waals surface area contributed by atoms with Crippen molar-refractivity contribution in [2.75, 3.05) is 27.0 Å². The molecule has 2 aromatic rings. The first-order valence-electron chi connectivity index (χ1n) is 8.22. The van der Waals surface area contributed by atoms with Crippen LogP contribution in [0.1, 0.15) is 17.9 Å². The molecule has 138 valence electrons. The van der Waals surface area contributed by atoms with E-state index in [2.05, 4.69) is 0 Å². The molecule has 1 fully saturated rings. The van der Waals surface area contributed by atoms with E-state index in [4.69, 9.17) is 14.2 Å². The molecule has 1 atom stereocenters. The summed E-state index contributed by atoms with van der Waals surface area (Å²) in [7, 11) is -2.48. The third kappa shape index (κ3) is 2.89. The number of hydrogen-bond donors (Lipinski definition) is 0. The minimum Gasteiger partial charge on any atom is -0.495 e. The maximum absolute atomic E-state index is 13.6. The fourth-order valence-corrected chi connectivity index (χ4v) is 5.04. The van der Waals surface area contributed by atoms with E-state index < -0.39 is 15.8 Å². The van der Waals surface area contributed by atoms with Gasteiger partial charge in [0.25, 0.3) is 0 Å². The molecule has 0 aliphatic carbocycles. The van der Waals surface area contributed by atoms with Gasteiger partial charge in [0.1, 0.15) is 16.5 Å². The van der Waals surface area contributed by atoms with Gasteiger partial charge in [0.2, 0.25) is 16.8 Å². The van der Waals surface area contributed by atoms with Crippen LogP contribution < -0.4 is 14.2 Å². The lowest BCUT2D eigenvalue weighted by Crippen LogP contribution is -2.29. The average Bonchev–Trinajstić information content (AvgIpc) is 3.30. The van der Waals surface area contributed by atoms with E-state index in [-0.39, 0.29) is 23.4 Å². The molecule has 0 spiro atoms. The lowest BCUT2D eigenvalue weighted by molar-refractivity contribution is 0.174. The lowest BCUT2D eigenvalue weighted by Gasteiger charge is -2.18. The number of sulfonamides is 1. The van der Waals surface area contributed by atoms with Crippen LogP contribution in [-0.2, 0) is 10.0 Å². The molecule has 0 aromatic heterocycles. The molecule has 2 heterocycles. The summed E-state index contributed by atoms with van der Waals surface area (Å²) in [6.45, 7) is 0.881. The van der Waals surface area contributed by atoms with Gasteiger partial charge in [-0.2, -0.15) is 4.31 Å². The summed E-state index contributed by atoms with van der Waals surface area (Å²) in [6, 6.07) is 9.17. The topological polar surface area (TPSA) is 65.1 Å². The molecule has 1 saturated heterocycles. The number of halogens is 1. The summed E-state index contributed by atoms with van der Waals surface area (Å²) >= 11 is 0. The SMILES string of the molecule is COc1ccc(F)cc1S(=O)(=O)N1CCC(c2ccc3c(c2)OCO3)C1. The normalized spacial score (nSPS) is 19.7. The summed E-state index contributed by atoms with van der Waals surface area (Å²) in [5, 5.41) is 0. The van der Waals surface area contributed by atoms with Gasteiger partial charge in [-0.1, -0.05) is 6.07 Å². The van der Waals surface area contributed by atoms with E-state index in [1.165, 1.54) is 23.5 Å². The highest BCUT2D eigenvalue weighted by molar-refractivity contribution is 7.89. The maximum atomic E-state index is 13.6. The van der Waals surface area contributed by atoms with Crippen molar-refractivity contribution in [3.63, 3.8) is 0 Å². The van der Waals surface area contributed by atoms with Crippen LogP contribution in [0.25, 0.3) is 0 Å². The largest absolute Gasteiger partial charge is 0.495 e. The number of hydrogen-bond acceptors (Lipinski definition) is 5. The van der Waals surface area contributed by atoms with Crippen LogP contribution >= 0.6 is 0 Å². The molecule has 26 heavy (non-hydrogen) atoms. The molecule has 1 unspecified atom stereocenters. The van der Waals surface area contributed by atoms with Gasteiger partial charge >= 0.3 is 0 Å². The summed E-state index contributed by atoms with van der Waals surface area (Å²) in [4.78, 5) is -0.147. The highest BCUT2D eigenvalue weighted by Gasteiger charge is 2.35. The zero-order valence-corrected chi connectivity index (χ0v) is 15.0. The number of rotatable bonds is 4. The summed E-state index contributed by atoms with van der Waals surface area (Å²) < 4.78 is 56.7. The molecular formula is C18H18FNO5S. The molecule has 8 heteroatoms. The number of fused-ring (bicyclic) bond motifs is 1. The van der Waals surface area contributed by atoms with E-state index in [1.54, 1.807) is 0 Å². The first kappa shape index (κ1) is 17.1. The number of ether oxygens (including phenoxy) is 3. The second kappa shape index (κ2) is 6.44. The average molecular weight is 379 g/mol. The van der Waals surface area contributed by atoms with Gasteiger partial charge in [-0.25, -0.2) is 12.8 Å². The fourth-order valence-electron chi connectivity index (χ4n) is 3.38. The van der Waals surface area contributed by atoms with Gasteiger partial charge < -0.3 is 14.2 Å². The molecule has 4 rings (SSSR count). The fraction of sp³-hybridized carbons (Fsp3) is 0.333. The van der Waals surface area contributed by atoms with Crippen LogP contribution in [0.4, 0.5) is 4.39 Å². The van der Waals surface area contributed by atoms with Gasteiger partial charge in [-0.05, 0) is 48.2 Å². The number of benzene rings is 2. The second-order valence-corrected chi connectivity index (χ2v) is 8.16. The molecule has 0 radical (unpaired) electrons. The van der Waals surface area contributed by atoms with E-state index in [0.29, 0.717) is 31.0 Å². The van der Waals surface area contributed by atoms with Gasteiger partial charge in [0.15, 0.2) is 11.5 Å². The molecule has 0 amide bonds. The highest BCUT2D eigenvalue weighted by Crippen LogP contribution is 2.39. The van der Waals surface area contributed by atoms with Crippen LogP contribution in [0.3, 0.4) is 0 Å². The standard InChI is InChI=1S/C18H18FNO5S/c1-23-16-5-3-14(19)9-18(16)26(21,22)20-7-6-13(10-20)12-2-4-15-17(8-12)25-11-24-15/h2-5,8-9,13H,6-7,10-11H2,1H3. The predicted molar refractivity (Wildman–Crippen MR) is 91.6 cm³/mol. The van der Waals surface area contributed by atoms with Gasteiger partial charge in [0.05, 0.1) is 7.11 Å². The Morgan fingerprint density at radius 2 is 1.96 bits per heavy atom. The molecule has 0 N–H and O–H groups in total. The van der Waals surface area contributed by atoms with Crippen molar-refractivity contribution in [3.8, 4) is 17.2 Å². The second-order valence-electron chi connectivity index (χ2n) is 6.26. The Morgan fingerprint density at radius 1 is 1.15 bits per heavy atom. The van der Waals surface area contributed by atoms with Crippen molar-refractivity contribution >= 4 is 10.0 Å². The van der Waals surface area contributed by atoms with Crippen LogP contribution in [0.15, 0.2) is 41.3 Å². The van der Waals surface area contributed by atoms with Crippen molar-refractivity contribution in [1.29, 1.82) is 0 Å². The Bertz CT molecular complexity index is 947. The summed E-state index contributed by atoms with van der Waals surface area (Å²) in [5.74, 6) is 0.934.